The molecule has 4 saturated carbocycles. The quantitative estimate of drug-likeness (QED) is 0.464. The first-order chi connectivity index (χ1) is 13.5. The molecule has 1 aromatic carbocycles. The molecule has 0 radical (unpaired) electrons. The Morgan fingerprint density at radius 3 is 2.00 bits per heavy atom. The van der Waals surface area contributed by atoms with Gasteiger partial charge in [0.25, 0.3) is 0 Å². The van der Waals surface area contributed by atoms with E-state index in [1.807, 2.05) is 7.11 Å². The van der Waals surface area contributed by atoms with Gasteiger partial charge in [-0.2, -0.15) is 0 Å². The number of hydrogen-bond acceptors (Lipinski definition) is 2. The van der Waals surface area contributed by atoms with E-state index in [0.717, 1.165) is 23.5 Å². The van der Waals surface area contributed by atoms with Crippen LogP contribution in [0.2, 0.25) is 0 Å². The molecule has 4 fully saturated rings. The third kappa shape index (κ3) is 4.11. The van der Waals surface area contributed by atoms with Crippen molar-refractivity contribution in [1.82, 2.24) is 0 Å². The van der Waals surface area contributed by atoms with Crippen molar-refractivity contribution in [2.45, 2.75) is 92.3 Å². The van der Waals surface area contributed by atoms with Crippen LogP contribution in [0.1, 0.15) is 91.5 Å². The summed E-state index contributed by atoms with van der Waals surface area (Å²) in [6, 6.07) is 8.94. The summed E-state index contributed by atoms with van der Waals surface area (Å²) in [6.45, 7) is 14.1. The lowest BCUT2D eigenvalue weighted by atomic mass is 9.69. The molecule has 0 heterocycles. The van der Waals surface area contributed by atoms with Crippen LogP contribution in [0.15, 0.2) is 24.3 Å². The van der Waals surface area contributed by atoms with Gasteiger partial charge >= 0.3 is 0 Å². The molecule has 0 amide bonds. The average Bonchev–Trinajstić information content (AvgIpc) is 3.01. The van der Waals surface area contributed by atoms with Crippen molar-refractivity contribution in [2.75, 3.05) is 7.11 Å². The Hall–Kier alpha value is -1.02. The summed E-state index contributed by atoms with van der Waals surface area (Å²) in [7, 11) is 1.84. The molecule has 1 aromatic rings. The fourth-order valence-electron chi connectivity index (χ4n) is 7.08. The molecule has 5 rings (SSSR count). The van der Waals surface area contributed by atoms with Crippen molar-refractivity contribution in [1.29, 1.82) is 0 Å². The molecule has 4 aliphatic rings. The van der Waals surface area contributed by atoms with E-state index in [9.17, 15) is 0 Å². The van der Waals surface area contributed by atoms with E-state index in [-0.39, 0.29) is 17.1 Å². The van der Waals surface area contributed by atoms with E-state index in [1.54, 1.807) is 0 Å². The van der Waals surface area contributed by atoms with Crippen LogP contribution in [-0.4, -0.2) is 13.4 Å². The summed E-state index contributed by atoms with van der Waals surface area (Å²) in [6.07, 6.45) is 7.96. The minimum Gasteiger partial charge on any atom is -0.464 e. The van der Waals surface area contributed by atoms with Crippen LogP contribution in [0.5, 0.6) is 5.75 Å². The predicted molar refractivity (Wildman–Crippen MR) is 120 cm³/mol. The summed E-state index contributed by atoms with van der Waals surface area (Å²) in [5.41, 5.74) is 2.24. The summed E-state index contributed by atoms with van der Waals surface area (Å²) >= 11 is 0. The van der Waals surface area contributed by atoms with Gasteiger partial charge in [-0.1, -0.05) is 53.7 Å². The topological polar surface area (TPSA) is 18.5 Å². The lowest BCUT2D eigenvalue weighted by molar-refractivity contribution is -0.151. The van der Waals surface area contributed by atoms with Gasteiger partial charge in [0.05, 0.1) is 0 Å². The smallest absolute Gasteiger partial charge is 0.205 e. The van der Waals surface area contributed by atoms with Crippen LogP contribution in [0.4, 0.5) is 0 Å². The summed E-state index contributed by atoms with van der Waals surface area (Å²) in [4.78, 5) is 0. The zero-order chi connectivity index (χ0) is 21.0. The molecule has 4 atom stereocenters. The summed E-state index contributed by atoms with van der Waals surface area (Å²) in [5, 5.41) is 0. The lowest BCUT2D eigenvalue weighted by Gasteiger charge is -2.39. The van der Waals surface area contributed by atoms with E-state index in [2.05, 4.69) is 65.8 Å². The highest BCUT2D eigenvalue weighted by Crippen LogP contribution is 2.67. The second-order valence-corrected chi connectivity index (χ2v) is 12.7. The van der Waals surface area contributed by atoms with Crippen LogP contribution in [-0.2, 0) is 4.74 Å². The monoisotopic (exact) mass is 398 g/mol. The molecule has 4 aliphatic carbocycles. The molecule has 2 nitrogen and oxygen atoms in total. The molecular weight excluding hydrogens is 356 g/mol. The molecule has 2 heteroatoms. The van der Waals surface area contributed by atoms with Crippen molar-refractivity contribution < 1.29 is 9.47 Å². The number of benzene rings is 1. The Balaban J connectivity index is 1.50. The molecule has 0 aromatic heterocycles. The van der Waals surface area contributed by atoms with Gasteiger partial charge in [0.15, 0.2) is 0 Å². The van der Waals surface area contributed by atoms with Crippen LogP contribution in [0.3, 0.4) is 0 Å². The Bertz CT molecular complexity index is 692. The molecule has 29 heavy (non-hydrogen) atoms. The number of hydrogen-bond donors (Lipinski definition) is 0. The molecular formula is C27H42O2. The maximum atomic E-state index is 6.52. The maximum Gasteiger partial charge on any atom is 0.205 e. The summed E-state index contributed by atoms with van der Waals surface area (Å²) < 4.78 is 12.5. The van der Waals surface area contributed by atoms with Crippen LogP contribution < -0.4 is 4.74 Å². The van der Waals surface area contributed by atoms with Crippen molar-refractivity contribution >= 4 is 0 Å². The Kier molecular flexibility index (Phi) is 5.33. The van der Waals surface area contributed by atoms with E-state index in [0.29, 0.717) is 11.3 Å². The Morgan fingerprint density at radius 2 is 1.52 bits per heavy atom. The maximum absolute atomic E-state index is 6.52. The van der Waals surface area contributed by atoms with E-state index < -0.39 is 0 Å². The second kappa shape index (κ2) is 7.29. The fraction of sp³-hybridized carbons (Fsp3) is 0.778. The Morgan fingerprint density at radius 1 is 0.931 bits per heavy atom. The van der Waals surface area contributed by atoms with Crippen molar-refractivity contribution in [3.63, 3.8) is 0 Å². The van der Waals surface area contributed by atoms with Crippen LogP contribution in [0.25, 0.3) is 0 Å². The first-order valence-electron chi connectivity index (χ1n) is 11.8. The molecule has 0 saturated heterocycles. The van der Waals surface area contributed by atoms with Gasteiger partial charge in [0.1, 0.15) is 5.75 Å². The number of rotatable bonds is 6. The van der Waals surface area contributed by atoms with Gasteiger partial charge < -0.3 is 9.47 Å². The lowest BCUT2D eigenvalue weighted by Crippen LogP contribution is -2.41. The highest BCUT2D eigenvalue weighted by Gasteiger charge is 2.62. The van der Waals surface area contributed by atoms with E-state index >= 15 is 0 Å². The fourth-order valence-corrected chi connectivity index (χ4v) is 7.08. The highest BCUT2D eigenvalue weighted by atomic mass is 16.7. The third-order valence-corrected chi connectivity index (χ3v) is 8.12. The first-order valence-corrected chi connectivity index (χ1v) is 11.8. The minimum absolute atomic E-state index is 0.0957. The van der Waals surface area contributed by atoms with Gasteiger partial charge in [0.2, 0.25) is 6.29 Å². The normalized spacial score (nSPS) is 33.1. The molecule has 4 bridgehead atoms. The SMILES string of the molecule is COC(Oc1ccc(C(CC(C)(C)C)C(C)(C)C)cc1)C12CC3CC(CC1C3)C2. The van der Waals surface area contributed by atoms with Crippen LogP contribution >= 0.6 is 0 Å². The van der Waals surface area contributed by atoms with Crippen molar-refractivity contribution in [3.8, 4) is 5.75 Å². The predicted octanol–water partition coefficient (Wildman–Crippen LogP) is 7.43. The molecule has 0 spiro atoms. The summed E-state index contributed by atoms with van der Waals surface area (Å²) in [5.74, 6) is 4.15. The first kappa shape index (κ1) is 21.2. The van der Waals surface area contributed by atoms with Gasteiger partial charge in [0, 0.05) is 12.5 Å². The van der Waals surface area contributed by atoms with Gasteiger partial charge in [-0.05, 0) is 90.7 Å². The minimum atomic E-state index is -0.0957. The Labute approximate surface area is 178 Å². The average molecular weight is 399 g/mol. The van der Waals surface area contributed by atoms with Crippen molar-refractivity contribution in [2.24, 2.45) is 34.0 Å². The largest absolute Gasteiger partial charge is 0.464 e. The van der Waals surface area contributed by atoms with Gasteiger partial charge in [-0.25, -0.2) is 0 Å². The highest BCUT2D eigenvalue weighted by molar-refractivity contribution is 5.31. The molecule has 0 aliphatic heterocycles. The van der Waals surface area contributed by atoms with Gasteiger partial charge in [-0.3, -0.25) is 0 Å². The third-order valence-electron chi connectivity index (χ3n) is 8.12. The van der Waals surface area contributed by atoms with E-state index in [4.69, 9.17) is 9.47 Å². The van der Waals surface area contributed by atoms with E-state index in [1.165, 1.54) is 44.1 Å². The van der Waals surface area contributed by atoms with Gasteiger partial charge in [-0.15, -0.1) is 0 Å². The molecule has 162 valence electrons. The second-order valence-electron chi connectivity index (χ2n) is 12.7. The zero-order valence-corrected chi connectivity index (χ0v) is 19.8. The number of ether oxygens (including phenoxy) is 2. The van der Waals surface area contributed by atoms with Crippen LogP contribution in [0, 0.1) is 34.0 Å². The number of methoxy groups -OCH3 is 1. The molecule has 4 unspecified atom stereocenters. The standard InChI is InChI=1S/C27H42O2/c1-25(2,3)17-23(26(4,5)6)20-8-10-22(11-9-20)29-24(28-7)27-15-18-12-19(16-27)14-21(27)13-18/h8-11,18-19,21,23-24H,12-17H2,1-7H3. The van der Waals surface area contributed by atoms with Crippen molar-refractivity contribution in [3.05, 3.63) is 29.8 Å². The molecule has 0 N–H and O–H groups in total. The zero-order valence-electron chi connectivity index (χ0n) is 19.8.